The molecule has 9 heteroatoms. The first-order chi connectivity index (χ1) is 9.90. The summed E-state index contributed by atoms with van der Waals surface area (Å²) in [7, 11) is 0. The van der Waals surface area contributed by atoms with Gasteiger partial charge in [-0.25, -0.2) is 4.79 Å². The number of unbranched alkanes of at least 4 members (excludes halogenated alkanes) is 1. The lowest BCUT2D eigenvalue weighted by atomic mass is 10.2. The summed E-state index contributed by atoms with van der Waals surface area (Å²) < 4.78 is 0.401. The summed E-state index contributed by atoms with van der Waals surface area (Å²) in [6.07, 6.45) is 1.11. The van der Waals surface area contributed by atoms with Gasteiger partial charge in [0.1, 0.15) is 0 Å². The van der Waals surface area contributed by atoms with Crippen LogP contribution in [0.5, 0.6) is 0 Å². The molecule has 114 valence electrons. The lowest BCUT2D eigenvalue weighted by Crippen LogP contribution is -2.29. The van der Waals surface area contributed by atoms with Crippen molar-refractivity contribution in [3.8, 4) is 0 Å². The molecule has 2 amide bonds. The Morgan fingerprint density at radius 2 is 2.05 bits per heavy atom. The third-order valence-electron chi connectivity index (χ3n) is 2.51. The molecule has 1 aromatic carbocycles. The number of urea groups is 1. The second-order valence-corrected chi connectivity index (χ2v) is 5.01. The third kappa shape index (κ3) is 6.21. The Balaban J connectivity index is 2.41. The van der Waals surface area contributed by atoms with E-state index in [0.717, 1.165) is 0 Å². The van der Waals surface area contributed by atoms with Crippen LogP contribution in [0.25, 0.3) is 0 Å². The molecule has 0 heterocycles. The lowest BCUT2D eigenvalue weighted by molar-refractivity contribution is -0.384. The number of rotatable bonds is 7. The first-order valence-corrected chi connectivity index (χ1v) is 6.90. The van der Waals surface area contributed by atoms with E-state index in [-0.39, 0.29) is 12.1 Å². The molecule has 0 atom stereocenters. The van der Waals surface area contributed by atoms with Gasteiger partial charge in [-0.1, -0.05) is 0 Å². The number of nitro groups is 1. The van der Waals surface area contributed by atoms with Gasteiger partial charge in [0.2, 0.25) is 0 Å². The minimum atomic E-state index is -0.866. The third-order valence-corrected chi connectivity index (χ3v) is 3.17. The molecule has 0 aliphatic heterocycles. The van der Waals surface area contributed by atoms with E-state index in [2.05, 4.69) is 26.6 Å². The smallest absolute Gasteiger partial charge is 0.319 e. The van der Waals surface area contributed by atoms with E-state index in [4.69, 9.17) is 5.11 Å². The topological polar surface area (TPSA) is 122 Å². The molecule has 0 bridgehead atoms. The quantitative estimate of drug-likeness (QED) is 0.392. The number of nitro benzene ring substituents is 1. The molecule has 0 spiro atoms. The second-order valence-electron chi connectivity index (χ2n) is 4.15. The number of nitrogens with zero attached hydrogens (tertiary/aromatic N) is 1. The van der Waals surface area contributed by atoms with E-state index in [0.29, 0.717) is 29.5 Å². The van der Waals surface area contributed by atoms with Crippen LogP contribution >= 0.6 is 15.9 Å². The summed E-state index contributed by atoms with van der Waals surface area (Å²) in [6, 6.07) is 3.54. The zero-order valence-electron chi connectivity index (χ0n) is 11.0. The number of amides is 2. The van der Waals surface area contributed by atoms with Crippen LogP contribution in [0, 0.1) is 10.1 Å². The number of carbonyl (C=O) groups excluding carboxylic acids is 1. The van der Waals surface area contributed by atoms with Crippen molar-refractivity contribution in [2.45, 2.75) is 19.3 Å². The predicted molar refractivity (Wildman–Crippen MR) is 79.3 cm³/mol. The van der Waals surface area contributed by atoms with Gasteiger partial charge in [0, 0.05) is 29.6 Å². The van der Waals surface area contributed by atoms with Crippen molar-refractivity contribution in [3.63, 3.8) is 0 Å². The maximum Gasteiger partial charge on any atom is 0.319 e. The molecular weight excluding hydrogens is 346 g/mol. The number of halogens is 1. The van der Waals surface area contributed by atoms with Crippen molar-refractivity contribution in [1.82, 2.24) is 5.32 Å². The van der Waals surface area contributed by atoms with E-state index in [1.165, 1.54) is 18.2 Å². The Bertz CT molecular complexity index is 550. The molecule has 0 saturated heterocycles. The summed E-state index contributed by atoms with van der Waals surface area (Å²) in [5.74, 6) is -0.866. The molecule has 0 unspecified atom stereocenters. The van der Waals surface area contributed by atoms with Gasteiger partial charge in [0.15, 0.2) is 0 Å². The number of anilines is 1. The normalized spacial score (nSPS) is 9.95. The fourth-order valence-corrected chi connectivity index (χ4v) is 1.95. The highest BCUT2D eigenvalue weighted by atomic mass is 79.9. The monoisotopic (exact) mass is 359 g/mol. The van der Waals surface area contributed by atoms with Crippen LogP contribution in [0.15, 0.2) is 22.7 Å². The van der Waals surface area contributed by atoms with Crippen LogP contribution in [0.4, 0.5) is 16.2 Å². The van der Waals surface area contributed by atoms with Crippen molar-refractivity contribution < 1.29 is 19.6 Å². The zero-order chi connectivity index (χ0) is 15.8. The van der Waals surface area contributed by atoms with Gasteiger partial charge in [0.25, 0.3) is 5.69 Å². The van der Waals surface area contributed by atoms with Crippen LogP contribution in [0.2, 0.25) is 0 Å². The van der Waals surface area contributed by atoms with Crippen molar-refractivity contribution >= 4 is 39.3 Å². The van der Waals surface area contributed by atoms with Gasteiger partial charge < -0.3 is 15.7 Å². The van der Waals surface area contributed by atoms with Crippen LogP contribution < -0.4 is 10.6 Å². The Labute approximate surface area is 128 Å². The van der Waals surface area contributed by atoms with Crippen molar-refractivity contribution in [2.75, 3.05) is 11.9 Å². The highest BCUT2D eigenvalue weighted by Crippen LogP contribution is 2.26. The van der Waals surface area contributed by atoms with Gasteiger partial charge in [-0.3, -0.25) is 14.9 Å². The summed E-state index contributed by atoms with van der Waals surface area (Å²) in [5, 5.41) is 24.1. The van der Waals surface area contributed by atoms with E-state index in [1.807, 2.05) is 0 Å². The maximum atomic E-state index is 11.6. The zero-order valence-corrected chi connectivity index (χ0v) is 12.6. The molecule has 0 aliphatic rings. The number of hydrogen-bond donors (Lipinski definition) is 3. The second kappa shape index (κ2) is 8.20. The Morgan fingerprint density at radius 1 is 1.33 bits per heavy atom. The molecule has 8 nitrogen and oxygen atoms in total. The number of carboxylic acids is 1. The fourth-order valence-electron chi connectivity index (χ4n) is 1.49. The average molecular weight is 360 g/mol. The highest BCUT2D eigenvalue weighted by Gasteiger charge is 2.10. The van der Waals surface area contributed by atoms with E-state index < -0.39 is 16.9 Å². The molecule has 3 N–H and O–H groups in total. The largest absolute Gasteiger partial charge is 0.481 e. The molecule has 0 radical (unpaired) electrons. The molecule has 0 saturated carbocycles. The van der Waals surface area contributed by atoms with Gasteiger partial charge in [0.05, 0.1) is 10.6 Å². The van der Waals surface area contributed by atoms with Crippen molar-refractivity contribution in [2.24, 2.45) is 0 Å². The Kier molecular flexibility index (Phi) is 6.60. The number of benzene rings is 1. The molecule has 21 heavy (non-hydrogen) atoms. The Hall–Kier alpha value is -2.16. The molecule has 0 fully saturated rings. The van der Waals surface area contributed by atoms with Crippen molar-refractivity contribution in [1.29, 1.82) is 0 Å². The highest BCUT2D eigenvalue weighted by molar-refractivity contribution is 9.10. The summed E-state index contributed by atoms with van der Waals surface area (Å²) in [6.45, 7) is 0.351. The number of nitrogens with one attached hydrogen (secondary N) is 2. The van der Waals surface area contributed by atoms with E-state index >= 15 is 0 Å². The van der Waals surface area contributed by atoms with Crippen LogP contribution in [-0.2, 0) is 4.79 Å². The number of aliphatic carboxylic acids is 1. The van der Waals surface area contributed by atoms with Gasteiger partial charge in [-0.2, -0.15) is 0 Å². The van der Waals surface area contributed by atoms with Crippen LogP contribution in [0.3, 0.4) is 0 Å². The SMILES string of the molecule is O=C(O)CCCCNC(=O)Nc1ccc([N+](=O)[O-])cc1Br. The molecule has 0 aliphatic carbocycles. The van der Waals surface area contributed by atoms with Gasteiger partial charge >= 0.3 is 12.0 Å². The molecule has 0 aromatic heterocycles. The van der Waals surface area contributed by atoms with E-state index in [9.17, 15) is 19.7 Å². The summed E-state index contributed by atoms with van der Waals surface area (Å²) >= 11 is 3.14. The number of non-ortho nitro benzene ring substituents is 1. The number of hydrogen-bond acceptors (Lipinski definition) is 4. The first kappa shape index (κ1) is 16.9. The summed E-state index contributed by atoms with van der Waals surface area (Å²) in [5.41, 5.74) is 0.324. The van der Waals surface area contributed by atoms with Gasteiger partial charge in [-0.05, 0) is 34.8 Å². The first-order valence-electron chi connectivity index (χ1n) is 6.10. The number of carboxylic acid groups (broad SMARTS) is 1. The number of carbonyl (C=O) groups is 2. The fraction of sp³-hybridized carbons (Fsp3) is 0.333. The van der Waals surface area contributed by atoms with E-state index in [1.54, 1.807) is 0 Å². The minimum Gasteiger partial charge on any atom is -0.481 e. The average Bonchev–Trinajstić information content (AvgIpc) is 2.40. The molecule has 1 aromatic rings. The predicted octanol–water partition coefficient (Wildman–Crippen LogP) is 2.73. The molecule has 1 rings (SSSR count). The minimum absolute atomic E-state index is 0.0667. The lowest BCUT2D eigenvalue weighted by Gasteiger charge is -2.08. The standard InChI is InChI=1S/C12H14BrN3O5/c13-9-7-8(16(20)21)4-5-10(9)15-12(19)14-6-2-1-3-11(17)18/h4-5,7H,1-3,6H2,(H,17,18)(H2,14,15,19). The summed E-state index contributed by atoms with van der Waals surface area (Å²) in [4.78, 5) is 31.9. The maximum absolute atomic E-state index is 11.6. The van der Waals surface area contributed by atoms with Crippen LogP contribution in [-0.4, -0.2) is 28.6 Å². The van der Waals surface area contributed by atoms with Crippen LogP contribution in [0.1, 0.15) is 19.3 Å². The van der Waals surface area contributed by atoms with Crippen molar-refractivity contribution in [3.05, 3.63) is 32.8 Å². The molecular formula is C12H14BrN3O5. The van der Waals surface area contributed by atoms with Gasteiger partial charge in [-0.15, -0.1) is 0 Å². The Morgan fingerprint density at radius 3 is 2.62 bits per heavy atom.